The number of carbonyl (C=O) groups is 2. The average Bonchev–Trinajstić information content (AvgIpc) is 3.17. The zero-order chi connectivity index (χ0) is 13.8. The fourth-order valence-corrected chi connectivity index (χ4v) is 2.02. The Hall–Kier alpha value is -1.36. The molecule has 1 aromatic carbocycles. The van der Waals surface area contributed by atoms with Gasteiger partial charge in [0.25, 0.3) is 5.91 Å². The van der Waals surface area contributed by atoms with Crippen molar-refractivity contribution in [2.24, 2.45) is 5.92 Å². The Balaban J connectivity index is 1.91. The third-order valence-electron chi connectivity index (χ3n) is 2.97. The summed E-state index contributed by atoms with van der Waals surface area (Å²) in [6.07, 6.45) is 2.39. The number of carbonyl (C=O) groups excluding carboxylic acids is 2. The van der Waals surface area contributed by atoms with Gasteiger partial charge in [-0.15, -0.1) is 0 Å². The van der Waals surface area contributed by atoms with Crippen molar-refractivity contribution in [3.63, 3.8) is 0 Å². The van der Waals surface area contributed by atoms with Gasteiger partial charge in [0, 0.05) is 11.0 Å². The van der Waals surface area contributed by atoms with Crippen LogP contribution in [0.5, 0.6) is 5.75 Å². The minimum absolute atomic E-state index is 0.0660. The van der Waals surface area contributed by atoms with Crippen LogP contribution in [0, 0.1) is 5.92 Å². The van der Waals surface area contributed by atoms with Crippen molar-refractivity contribution < 1.29 is 14.3 Å². The fourth-order valence-electron chi connectivity index (χ4n) is 1.68. The van der Waals surface area contributed by atoms with Crippen molar-refractivity contribution >= 4 is 27.6 Å². The number of Topliss-reactive ketones (excluding diaryl/α,β-unsaturated/α-hetero) is 1. The van der Waals surface area contributed by atoms with Crippen molar-refractivity contribution in [1.82, 2.24) is 5.32 Å². The molecule has 0 aromatic heterocycles. The van der Waals surface area contributed by atoms with Gasteiger partial charge in [-0.25, -0.2) is 0 Å². The number of halogens is 1. The number of benzene rings is 1. The smallest absolute Gasteiger partial charge is 0.257 e. The number of ether oxygens (including phenoxy) is 1. The summed E-state index contributed by atoms with van der Waals surface area (Å²) in [6.45, 7) is 2.13. The number of ketones is 1. The Morgan fingerprint density at radius 3 is 2.79 bits per heavy atom. The van der Waals surface area contributed by atoms with Crippen molar-refractivity contribution in [3.05, 3.63) is 28.2 Å². The molecule has 1 amide bonds. The van der Waals surface area contributed by atoms with Gasteiger partial charge in [-0.05, 0) is 43.9 Å². The minimum atomic E-state index is -0.152. The molecule has 1 saturated carbocycles. The summed E-state index contributed by atoms with van der Waals surface area (Å²) in [4.78, 5) is 23.0. The van der Waals surface area contributed by atoms with Gasteiger partial charge < -0.3 is 10.1 Å². The van der Waals surface area contributed by atoms with Gasteiger partial charge in [0.05, 0.1) is 5.56 Å². The van der Waals surface area contributed by atoms with E-state index in [9.17, 15) is 9.59 Å². The molecule has 0 radical (unpaired) electrons. The summed E-state index contributed by atoms with van der Waals surface area (Å²) >= 11 is 3.32. The van der Waals surface area contributed by atoms with Gasteiger partial charge in [0.1, 0.15) is 5.75 Å². The van der Waals surface area contributed by atoms with Crippen LogP contribution in [0.15, 0.2) is 22.7 Å². The standard InChI is InChI=1S/C14H16BrNO3/c1-9(17)12-5-4-11(15)6-13(12)19-8-14(18)16-7-10-2-3-10/h4-6,10H,2-3,7-8H2,1H3,(H,16,18). The third kappa shape index (κ3) is 4.35. The Bertz CT molecular complexity index is 497. The first kappa shape index (κ1) is 14.1. The first-order valence-electron chi connectivity index (χ1n) is 6.26. The van der Waals surface area contributed by atoms with E-state index in [1.165, 1.54) is 19.8 Å². The van der Waals surface area contributed by atoms with E-state index >= 15 is 0 Å². The van der Waals surface area contributed by atoms with Crippen molar-refractivity contribution in [2.45, 2.75) is 19.8 Å². The molecule has 0 bridgehead atoms. The van der Waals surface area contributed by atoms with Crippen LogP contribution >= 0.6 is 15.9 Å². The normalized spacial score (nSPS) is 14.0. The molecule has 1 aliphatic rings. The maximum Gasteiger partial charge on any atom is 0.257 e. The molecule has 2 rings (SSSR count). The van der Waals surface area contributed by atoms with Gasteiger partial charge in [0.15, 0.2) is 12.4 Å². The summed E-state index contributed by atoms with van der Waals surface area (Å²) in [6, 6.07) is 5.16. The second kappa shape index (κ2) is 6.19. The van der Waals surface area contributed by atoms with E-state index in [1.54, 1.807) is 18.2 Å². The molecule has 102 valence electrons. The predicted molar refractivity (Wildman–Crippen MR) is 75.4 cm³/mol. The minimum Gasteiger partial charge on any atom is -0.483 e. The zero-order valence-corrected chi connectivity index (χ0v) is 12.3. The van der Waals surface area contributed by atoms with E-state index in [0.29, 0.717) is 17.2 Å². The largest absolute Gasteiger partial charge is 0.483 e. The Labute approximate surface area is 120 Å². The van der Waals surface area contributed by atoms with Crippen LogP contribution < -0.4 is 10.1 Å². The lowest BCUT2D eigenvalue weighted by molar-refractivity contribution is -0.123. The SMILES string of the molecule is CC(=O)c1ccc(Br)cc1OCC(=O)NCC1CC1. The highest BCUT2D eigenvalue weighted by atomic mass is 79.9. The first-order chi connectivity index (χ1) is 9.06. The van der Waals surface area contributed by atoms with Crippen LogP contribution in [0.4, 0.5) is 0 Å². The van der Waals surface area contributed by atoms with Gasteiger partial charge in [-0.1, -0.05) is 15.9 Å². The number of hydrogen-bond acceptors (Lipinski definition) is 3. The molecule has 4 nitrogen and oxygen atoms in total. The lowest BCUT2D eigenvalue weighted by atomic mass is 10.1. The first-order valence-corrected chi connectivity index (χ1v) is 7.05. The number of nitrogens with one attached hydrogen (secondary N) is 1. The Morgan fingerprint density at radius 1 is 1.42 bits per heavy atom. The highest BCUT2D eigenvalue weighted by Gasteiger charge is 2.21. The van der Waals surface area contributed by atoms with Crippen LogP contribution in [-0.2, 0) is 4.79 Å². The van der Waals surface area contributed by atoms with Gasteiger partial charge in [-0.2, -0.15) is 0 Å². The molecule has 1 aromatic rings. The summed E-state index contributed by atoms with van der Waals surface area (Å²) < 4.78 is 6.24. The van der Waals surface area contributed by atoms with Gasteiger partial charge >= 0.3 is 0 Å². The zero-order valence-electron chi connectivity index (χ0n) is 10.7. The molecule has 1 N–H and O–H groups in total. The van der Waals surface area contributed by atoms with E-state index in [-0.39, 0.29) is 18.3 Å². The van der Waals surface area contributed by atoms with E-state index < -0.39 is 0 Å². The molecule has 0 spiro atoms. The van der Waals surface area contributed by atoms with Crippen molar-refractivity contribution in [3.8, 4) is 5.75 Å². The molecular formula is C14H16BrNO3. The van der Waals surface area contributed by atoms with Crippen LogP contribution in [-0.4, -0.2) is 24.8 Å². The molecule has 0 heterocycles. The molecule has 1 fully saturated rings. The van der Waals surface area contributed by atoms with Gasteiger partial charge in [0.2, 0.25) is 0 Å². The summed E-state index contributed by atoms with van der Waals surface area (Å²) in [5, 5.41) is 2.82. The molecule has 19 heavy (non-hydrogen) atoms. The topological polar surface area (TPSA) is 55.4 Å². The molecule has 0 unspecified atom stereocenters. The fraction of sp³-hybridized carbons (Fsp3) is 0.429. The number of rotatable bonds is 6. The van der Waals surface area contributed by atoms with Crippen molar-refractivity contribution in [1.29, 1.82) is 0 Å². The second-order valence-corrected chi connectivity index (χ2v) is 5.65. The summed E-state index contributed by atoms with van der Waals surface area (Å²) in [5.41, 5.74) is 0.484. The molecule has 5 heteroatoms. The Kier molecular flexibility index (Phi) is 4.58. The van der Waals surface area contributed by atoms with Crippen LogP contribution in [0.25, 0.3) is 0 Å². The van der Waals surface area contributed by atoms with Crippen LogP contribution in [0.1, 0.15) is 30.1 Å². The maximum atomic E-state index is 11.6. The van der Waals surface area contributed by atoms with E-state index in [0.717, 1.165) is 11.0 Å². The highest BCUT2D eigenvalue weighted by Crippen LogP contribution is 2.27. The molecular weight excluding hydrogens is 310 g/mol. The lowest BCUT2D eigenvalue weighted by Crippen LogP contribution is -2.30. The average molecular weight is 326 g/mol. The number of amides is 1. The third-order valence-corrected chi connectivity index (χ3v) is 3.46. The van der Waals surface area contributed by atoms with Crippen molar-refractivity contribution in [2.75, 3.05) is 13.2 Å². The van der Waals surface area contributed by atoms with Crippen LogP contribution in [0.3, 0.4) is 0 Å². The summed E-state index contributed by atoms with van der Waals surface area (Å²) in [7, 11) is 0. The maximum absolute atomic E-state index is 11.6. The second-order valence-electron chi connectivity index (χ2n) is 4.73. The van der Waals surface area contributed by atoms with Crippen LogP contribution in [0.2, 0.25) is 0 Å². The summed E-state index contributed by atoms with van der Waals surface area (Å²) in [5.74, 6) is 0.841. The predicted octanol–water partition coefficient (Wildman–Crippen LogP) is 2.56. The highest BCUT2D eigenvalue weighted by molar-refractivity contribution is 9.10. The number of hydrogen-bond donors (Lipinski definition) is 1. The quantitative estimate of drug-likeness (QED) is 0.818. The van der Waals surface area contributed by atoms with E-state index in [1.807, 2.05) is 0 Å². The van der Waals surface area contributed by atoms with E-state index in [2.05, 4.69) is 21.2 Å². The molecule has 0 aliphatic heterocycles. The molecule has 0 saturated heterocycles. The lowest BCUT2D eigenvalue weighted by Gasteiger charge is -2.10. The van der Waals surface area contributed by atoms with E-state index in [4.69, 9.17) is 4.74 Å². The van der Waals surface area contributed by atoms with Gasteiger partial charge in [-0.3, -0.25) is 9.59 Å². The monoisotopic (exact) mass is 325 g/mol. The Morgan fingerprint density at radius 2 is 2.16 bits per heavy atom. The molecule has 1 aliphatic carbocycles. The molecule has 0 atom stereocenters.